The van der Waals surface area contributed by atoms with Crippen molar-refractivity contribution in [1.82, 2.24) is 4.31 Å². The van der Waals surface area contributed by atoms with E-state index in [2.05, 4.69) is 4.72 Å². The molecule has 0 spiro atoms. The Morgan fingerprint density at radius 3 is 2.29 bits per heavy atom. The van der Waals surface area contributed by atoms with Crippen LogP contribution in [0.4, 0.5) is 5.69 Å². The second-order valence-electron chi connectivity index (χ2n) is 5.11. The maximum Gasteiger partial charge on any atom is 0.271 e. The Morgan fingerprint density at radius 1 is 1.08 bits per heavy atom. The summed E-state index contributed by atoms with van der Waals surface area (Å²) in [4.78, 5) is 0.109. The molecule has 24 heavy (non-hydrogen) atoms. The van der Waals surface area contributed by atoms with Crippen LogP contribution < -0.4 is 4.72 Å². The van der Waals surface area contributed by atoms with E-state index in [1.165, 1.54) is 16.4 Å². The van der Waals surface area contributed by atoms with Gasteiger partial charge in [0.1, 0.15) is 4.21 Å². The number of hydrogen-bond acceptors (Lipinski definition) is 5. The molecule has 0 saturated heterocycles. The van der Waals surface area contributed by atoms with Crippen LogP contribution in [0.25, 0.3) is 0 Å². The summed E-state index contributed by atoms with van der Waals surface area (Å²) in [6, 6.07) is 7.66. The SMILES string of the molecule is CCN(CC)S(=O)(=O)c1cc(NS(=O)(=O)c2cccs2)ccc1C. The van der Waals surface area contributed by atoms with Crippen LogP contribution >= 0.6 is 11.3 Å². The first-order chi connectivity index (χ1) is 11.2. The first-order valence-corrected chi connectivity index (χ1v) is 11.2. The van der Waals surface area contributed by atoms with Gasteiger partial charge >= 0.3 is 0 Å². The molecule has 0 bridgehead atoms. The number of benzene rings is 1. The van der Waals surface area contributed by atoms with Crippen LogP contribution in [-0.4, -0.2) is 34.2 Å². The van der Waals surface area contributed by atoms with Gasteiger partial charge in [-0.2, -0.15) is 4.31 Å². The average Bonchev–Trinajstić information content (AvgIpc) is 3.05. The Kier molecular flexibility index (Phi) is 5.69. The summed E-state index contributed by atoms with van der Waals surface area (Å²) in [7, 11) is -7.38. The van der Waals surface area contributed by atoms with E-state index >= 15 is 0 Å². The molecule has 1 N–H and O–H groups in total. The highest BCUT2D eigenvalue weighted by Gasteiger charge is 2.24. The number of thiophene rings is 1. The van der Waals surface area contributed by atoms with Crippen molar-refractivity contribution >= 4 is 37.1 Å². The standard InChI is InChI=1S/C15H20N2O4S3/c1-4-17(5-2)24(20,21)14-11-13(9-8-12(14)3)16-23(18,19)15-7-6-10-22-15/h6-11,16H,4-5H2,1-3H3. The summed E-state index contributed by atoms with van der Waals surface area (Å²) < 4.78 is 54.0. The predicted octanol–water partition coefficient (Wildman–Crippen LogP) is 2.89. The topological polar surface area (TPSA) is 83.6 Å². The highest BCUT2D eigenvalue weighted by atomic mass is 32.2. The quantitative estimate of drug-likeness (QED) is 0.790. The van der Waals surface area contributed by atoms with Gasteiger partial charge < -0.3 is 0 Å². The Balaban J connectivity index is 2.43. The maximum absolute atomic E-state index is 12.7. The van der Waals surface area contributed by atoms with Crippen LogP contribution in [0.1, 0.15) is 19.4 Å². The second kappa shape index (κ2) is 7.22. The molecule has 2 aromatic rings. The number of sulfonamides is 2. The molecule has 132 valence electrons. The lowest BCUT2D eigenvalue weighted by Gasteiger charge is -2.20. The van der Waals surface area contributed by atoms with Crippen molar-refractivity contribution in [3.8, 4) is 0 Å². The fraction of sp³-hybridized carbons (Fsp3) is 0.333. The molecule has 1 aromatic heterocycles. The van der Waals surface area contributed by atoms with Gasteiger partial charge in [0.2, 0.25) is 10.0 Å². The lowest BCUT2D eigenvalue weighted by molar-refractivity contribution is 0.445. The van der Waals surface area contributed by atoms with Crippen molar-refractivity contribution in [2.45, 2.75) is 29.9 Å². The van der Waals surface area contributed by atoms with Crippen LogP contribution in [0.5, 0.6) is 0 Å². The Bertz CT molecular complexity index is 900. The molecule has 2 rings (SSSR count). The van der Waals surface area contributed by atoms with Gasteiger partial charge in [-0.1, -0.05) is 26.0 Å². The number of nitrogens with one attached hydrogen (secondary N) is 1. The molecular formula is C15H20N2O4S3. The maximum atomic E-state index is 12.7. The lowest BCUT2D eigenvalue weighted by Crippen LogP contribution is -2.31. The van der Waals surface area contributed by atoms with E-state index in [0.717, 1.165) is 11.3 Å². The van der Waals surface area contributed by atoms with E-state index in [4.69, 9.17) is 0 Å². The van der Waals surface area contributed by atoms with Crippen molar-refractivity contribution in [2.75, 3.05) is 17.8 Å². The lowest BCUT2D eigenvalue weighted by atomic mass is 10.2. The molecule has 1 aromatic carbocycles. The number of rotatable bonds is 7. The molecule has 0 atom stereocenters. The smallest absolute Gasteiger partial charge is 0.271 e. The van der Waals surface area contributed by atoms with Gasteiger partial charge in [0, 0.05) is 13.1 Å². The van der Waals surface area contributed by atoms with Gasteiger partial charge in [-0.3, -0.25) is 4.72 Å². The highest BCUT2D eigenvalue weighted by molar-refractivity contribution is 7.94. The molecule has 0 aliphatic heterocycles. The van der Waals surface area contributed by atoms with E-state index in [1.807, 2.05) is 0 Å². The Hall–Kier alpha value is -1.42. The number of hydrogen-bond donors (Lipinski definition) is 1. The first-order valence-electron chi connectivity index (χ1n) is 7.39. The summed E-state index contributed by atoms with van der Waals surface area (Å²) in [5.74, 6) is 0. The normalized spacial score (nSPS) is 12.5. The molecule has 1 heterocycles. The molecule has 0 radical (unpaired) electrons. The van der Waals surface area contributed by atoms with E-state index in [9.17, 15) is 16.8 Å². The number of nitrogens with zero attached hydrogens (tertiary/aromatic N) is 1. The zero-order valence-corrected chi connectivity index (χ0v) is 16.1. The Labute approximate surface area is 147 Å². The monoisotopic (exact) mass is 388 g/mol. The van der Waals surface area contributed by atoms with Crippen LogP contribution in [0.15, 0.2) is 44.8 Å². The van der Waals surface area contributed by atoms with E-state index < -0.39 is 20.0 Å². The van der Waals surface area contributed by atoms with Crippen molar-refractivity contribution in [2.24, 2.45) is 0 Å². The van der Waals surface area contributed by atoms with Gasteiger partial charge in [0.25, 0.3) is 10.0 Å². The third-order valence-electron chi connectivity index (χ3n) is 3.52. The van der Waals surface area contributed by atoms with Crippen LogP contribution in [0, 0.1) is 6.92 Å². The third kappa shape index (κ3) is 3.80. The summed E-state index contributed by atoms with van der Waals surface area (Å²) in [6.07, 6.45) is 0. The molecule has 0 aliphatic carbocycles. The van der Waals surface area contributed by atoms with Gasteiger partial charge in [0.05, 0.1) is 10.6 Å². The molecule has 0 amide bonds. The molecule has 9 heteroatoms. The van der Waals surface area contributed by atoms with E-state index in [1.54, 1.807) is 44.4 Å². The summed E-state index contributed by atoms with van der Waals surface area (Å²) in [5.41, 5.74) is 0.792. The molecular weight excluding hydrogens is 368 g/mol. The molecule has 6 nitrogen and oxygen atoms in total. The summed E-state index contributed by atoms with van der Waals surface area (Å²) in [5, 5.41) is 1.67. The van der Waals surface area contributed by atoms with Gasteiger partial charge in [-0.05, 0) is 36.1 Å². The minimum atomic E-state index is -3.72. The summed E-state index contributed by atoms with van der Waals surface area (Å²) in [6.45, 7) is 5.92. The van der Waals surface area contributed by atoms with Crippen molar-refractivity contribution in [3.05, 3.63) is 41.3 Å². The minimum absolute atomic E-state index is 0.109. The fourth-order valence-electron chi connectivity index (χ4n) is 2.27. The van der Waals surface area contributed by atoms with Crippen molar-refractivity contribution < 1.29 is 16.8 Å². The average molecular weight is 389 g/mol. The zero-order chi connectivity index (χ0) is 18.0. The molecule has 0 aliphatic rings. The number of aryl methyl sites for hydroxylation is 1. The largest absolute Gasteiger partial charge is 0.279 e. The highest BCUT2D eigenvalue weighted by Crippen LogP contribution is 2.26. The molecule has 0 saturated carbocycles. The van der Waals surface area contributed by atoms with Crippen molar-refractivity contribution in [1.29, 1.82) is 0 Å². The second-order valence-corrected chi connectivity index (χ2v) is 9.87. The van der Waals surface area contributed by atoms with E-state index in [-0.39, 0.29) is 14.8 Å². The van der Waals surface area contributed by atoms with Gasteiger partial charge in [-0.15, -0.1) is 11.3 Å². The minimum Gasteiger partial charge on any atom is -0.279 e. The first kappa shape index (κ1) is 18.9. The van der Waals surface area contributed by atoms with Gasteiger partial charge in [-0.25, -0.2) is 16.8 Å². The zero-order valence-electron chi connectivity index (χ0n) is 13.7. The van der Waals surface area contributed by atoms with Crippen LogP contribution in [-0.2, 0) is 20.0 Å². The van der Waals surface area contributed by atoms with Crippen molar-refractivity contribution in [3.63, 3.8) is 0 Å². The number of anilines is 1. The molecule has 0 unspecified atom stereocenters. The summed E-state index contributed by atoms with van der Waals surface area (Å²) >= 11 is 1.10. The molecule has 0 fully saturated rings. The van der Waals surface area contributed by atoms with E-state index in [0.29, 0.717) is 18.7 Å². The third-order valence-corrected chi connectivity index (χ3v) is 8.49. The predicted molar refractivity (Wildman–Crippen MR) is 96.4 cm³/mol. The van der Waals surface area contributed by atoms with Crippen LogP contribution in [0.3, 0.4) is 0 Å². The van der Waals surface area contributed by atoms with Crippen LogP contribution in [0.2, 0.25) is 0 Å². The van der Waals surface area contributed by atoms with Gasteiger partial charge in [0.15, 0.2) is 0 Å². The Morgan fingerprint density at radius 2 is 1.75 bits per heavy atom. The fourth-order valence-corrected chi connectivity index (χ4v) is 6.02.